The molecule has 6 nitrogen and oxygen atoms in total. The van der Waals surface area contributed by atoms with Gasteiger partial charge in [0.1, 0.15) is 23.0 Å². The van der Waals surface area contributed by atoms with Gasteiger partial charge in [0.05, 0.1) is 11.8 Å². The molecule has 0 saturated heterocycles. The van der Waals surface area contributed by atoms with Crippen LogP contribution in [0.4, 0.5) is 0 Å². The van der Waals surface area contributed by atoms with Crippen LogP contribution in [0, 0.1) is 5.41 Å². The number of rotatable bonds is 8. The maximum atomic E-state index is 12.5. The number of nitrogens with one attached hydrogen (secondary N) is 1. The quantitative estimate of drug-likeness (QED) is 0.146. The Bertz CT molecular complexity index is 1230. The predicted molar refractivity (Wildman–Crippen MR) is 129 cm³/mol. The molecule has 1 aliphatic carbocycles. The molecule has 0 spiro atoms. The Morgan fingerprint density at radius 1 is 0.735 bits per heavy atom. The van der Waals surface area contributed by atoms with E-state index in [0.29, 0.717) is 28.6 Å². The van der Waals surface area contributed by atoms with E-state index in [1.165, 1.54) is 23.9 Å². The summed E-state index contributed by atoms with van der Waals surface area (Å²) in [6, 6.07) is 20.9. The Kier molecular flexibility index (Phi) is 6.98. The van der Waals surface area contributed by atoms with Crippen LogP contribution in [0.2, 0.25) is 0 Å². The van der Waals surface area contributed by atoms with E-state index in [-0.39, 0.29) is 0 Å². The van der Waals surface area contributed by atoms with Crippen LogP contribution in [0.15, 0.2) is 96.8 Å². The van der Waals surface area contributed by atoms with Gasteiger partial charge in [-0.25, -0.2) is 9.59 Å². The van der Waals surface area contributed by atoms with E-state index in [9.17, 15) is 9.59 Å². The smallest absolute Gasteiger partial charge is 0.343 e. The third kappa shape index (κ3) is 5.48. The summed E-state index contributed by atoms with van der Waals surface area (Å²) in [6.07, 6.45) is 5.48. The molecule has 0 heterocycles. The number of carbonyl (C=O) groups is 2. The fraction of sp³-hybridized carbons (Fsp3) is 0.107. The number of ether oxygens (including phenoxy) is 3. The number of hydrogen-bond acceptors (Lipinski definition) is 6. The van der Waals surface area contributed by atoms with Crippen LogP contribution in [0.5, 0.6) is 17.2 Å². The van der Waals surface area contributed by atoms with E-state index in [0.717, 1.165) is 36.5 Å². The molecule has 3 aromatic carbocycles. The van der Waals surface area contributed by atoms with Crippen molar-refractivity contribution in [2.24, 2.45) is 0 Å². The van der Waals surface area contributed by atoms with Crippen LogP contribution >= 0.6 is 0 Å². The van der Waals surface area contributed by atoms with Gasteiger partial charge in [0.15, 0.2) is 0 Å². The van der Waals surface area contributed by atoms with Crippen molar-refractivity contribution in [3.63, 3.8) is 0 Å². The third-order valence-corrected chi connectivity index (χ3v) is 5.39. The predicted octanol–water partition coefficient (Wildman–Crippen LogP) is 6.13. The highest BCUT2D eigenvalue weighted by atomic mass is 16.5. The second kappa shape index (κ2) is 10.4. The summed E-state index contributed by atoms with van der Waals surface area (Å²) < 4.78 is 16.2. The lowest BCUT2D eigenvalue weighted by Crippen LogP contribution is -2.08. The molecule has 0 bridgehead atoms. The molecule has 170 valence electrons. The zero-order chi connectivity index (χ0) is 23.9. The largest absolute Gasteiger partial charge is 0.456 e. The van der Waals surface area contributed by atoms with Gasteiger partial charge in [0.2, 0.25) is 0 Å². The van der Waals surface area contributed by atoms with Gasteiger partial charge in [0, 0.05) is 6.08 Å². The molecule has 0 unspecified atom stereocenters. The summed E-state index contributed by atoms with van der Waals surface area (Å²) in [4.78, 5) is 23.7. The van der Waals surface area contributed by atoms with Crippen molar-refractivity contribution in [2.75, 3.05) is 0 Å². The molecular formula is C28H23NO5. The van der Waals surface area contributed by atoms with Crippen LogP contribution in [0.1, 0.15) is 29.6 Å². The Morgan fingerprint density at radius 3 is 1.74 bits per heavy atom. The van der Waals surface area contributed by atoms with Crippen LogP contribution in [0.3, 0.4) is 0 Å². The molecule has 34 heavy (non-hydrogen) atoms. The minimum Gasteiger partial charge on any atom is -0.456 e. The second-order valence-corrected chi connectivity index (χ2v) is 7.66. The van der Waals surface area contributed by atoms with Gasteiger partial charge in [-0.1, -0.05) is 30.8 Å². The lowest BCUT2D eigenvalue weighted by Gasteiger charge is -2.19. The number of allylic oxidation sites excluding steroid dienone is 2. The zero-order valence-electron chi connectivity index (χ0n) is 18.5. The topological polar surface area (TPSA) is 85.7 Å². The lowest BCUT2D eigenvalue weighted by atomic mass is 9.91. The minimum absolute atomic E-state index is 0.333. The van der Waals surface area contributed by atoms with Crippen molar-refractivity contribution >= 4 is 18.2 Å². The maximum absolute atomic E-state index is 12.5. The maximum Gasteiger partial charge on any atom is 0.343 e. The third-order valence-electron chi connectivity index (χ3n) is 5.39. The monoisotopic (exact) mass is 453 g/mol. The molecule has 0 aromatic heterocycles. The van der Waals surface area contributed by atoms with Crippen LogP contribution in [0.25, 0.3) is 11.1 Å². The van der Waals surface area contributed by atoms with Crippen molar-refractivity contribution in [2.45, 2.75) is 19.3 Å². The van der Waals surface area contributed by atoms with E-state index in [1.807, 2.05) is 36.4 Å². The number of carbonyl (C=O) groups excluding carboxylic acids is 2. The summed E-state index contributed by atoms with van der Waals surface area (Å²) in [5.74, 6) is 0.938. The van der Waals surface area contributed by atoms with Gasteiger partial charge < -0.3 is 19.6 Å². The molecule has 0 amide bonds. The van der Waals surface area contributed by atoms with Crippen molar-refractivity contribution in [1.82, 2.24) is 0 Å². The highest BCUT2D eigenvalue weighted by Crippen LogP contribution is 2.30. The SMILES string of the molecule is C=CC(=O)Oc1ccc(OC(=O)c2ccc(-c3ccc(OC(C=N)=C4CCC4)cc3)cc2)cc1. The van der Waals surface area contributed by atoms with Gasteiger partial charge in [-0.05, 0) is 84.5 Å². The number of benzene rings is 3. The van der Waals surface area contributed by atoms with Crippen LogP contribution in [-0.2, 0) is 4.79 Å². The molecular weight excluding hydrogens is 430 g/mol. The average molecular weight is 453 g/mol. The molecule has 1 fully saturated rings. The van der Waals surface area contributed by atoms with Crippen molar-refractivity contribution in [1.29, 1.82) is 5.41 Å². The number of esters is 2. The zero-order valence-corrected chi connectivity index (χ0v) is 18.5. The molecule has 0 aliphatic heterocycles. The normalized spacial score (nSPS) is 12.2. The Balaban J connectivity index is 1.37. The van der Waals surface area contributed by atoms with Gasteiger partial charge in [-0.3, -0.25) is 0 Å². The standard InChI is InChI=1S/C28H23NO5/c1-2-27(30)33-24-14-16-25(17-15-24)34-28(31)22-8-6-19(7-9-22)20-10-12-23(13-11-20)32-26(18-29)21-4-3-5-21/h2,6-18,29H,1,3-5H2. The molecule has 4 rings (SSSR count). The highest BCUT2D eigenvalue weighted by Gasteiger charge is 2.15. The van der Waals surface area contributed by atoms with Crippen molar-refractivity contribution in [3.8, 4) is 28.4 Å². The van der Waals surface area contributed by atoms with Gasteiger partial charge >= 0.3 is 11.9 Å². The second-order valence-electron chi connectivity index (χ2n) is 7.66. The Morgan fingerprint density at radius 2 is 1.24 bits per heavy atom. The van der Waals surface area contributed by atoms with E-state index in [2.05, 4.69) is 6.58 Å². The van der Waals surface area contributed by atoms with Crippen molar-refractivity contribution < 1.29 is 23.8 Å². The molecule has 3 aromatic rings. The van der Waals surface area contributed by atoms with E-state index in [1.54, 1.807) is 24.3 Å². The summed E-state index contributed by atoms with van der Waals surface area (Å²) >= 11 is 0. The fourth-order valence-electron chi connectivity index (χ4n) is 3.34. The Hall–Kier alpha value is -4.45. The Labute approximate surface area is 197 Å². The van der Waals surface area contributed by atoms with E-state index in [4.69, 9.17) is 19.6 Å². The van der Waals surface area contributed by atoms with Gasteiger partial charge in [0.25, 0.3) is 0 Å². The summed E-state index contributed by atoms with van der Waals surface area (Å²) in [5, 5.41) is 7.55. The first-order valence-electron chi connectivity index (χ1n) is 10.8. The van der Waals surface area contributed by atoms with Gasteiger partial charge in [-0.15, -0.1) is 0 Å². The summed E-state index contributed by atoms with van der Waals surface area (Å²) in [6.45, 7) is 3.34. The lowest BCUT2D eigenvalue weighted by molar-refractivity contribution is -0.128. The molecule has 0 atom stereocenters. The summed E-state index contributed by atoms with van der Waals surface area (Å²) in [5.41, 5.74) is 3.52. The molecule has 1 N–H and O–H groups in total. The van der Waals surface area contributed by atoms with Gasteiger partial charge in [-0.2, -0.15) is 0 Å². The highest BCUT2D eigenvalue weighted by molar-refractivity contribution is 5.91. The minimum atomic E-state index is -0.561. The first-order valence-corrected chi connectivity index (χ1v) is 10.8. The summed E-state index contributed by atoms with van der Waals surface area (Å²) in [7, 11) is 0. The fourth-order valence-corrected chi connectivity index (χ4v) is 3.34. The average Bonchev–Trinajstić information content (AvgIpc) is 2.84. The molecule has 1 saturated carbocycles. The molecule has 1 aliphatic rings. The van der Waals surface area contributed by atoms with Crippen LogP contribution < -0.4 is 14.2 Å². The molecule has 6 heteroatoms. The van der Waals surface area contributed by atoms with Crippen molar-refractivity contribution in [3.05, 3.63) is 102 Å². The number of hydrogen-bond donors (Lipinski definition) is 1. The first-order chi connectivity index (χ1) is 16.6. The molecule has 0 radical (unpaired) electrons. The van der Waals surface area contributed by atoms with E-state index < -0.39 is 11.9 Å². The first kappa shape index (κ1) is 22.7. The van der Waals surface area contributed by atoms with E-state index >= 15 is 0 Å². The van der Waals surface area contributed by atoms with Crippen LogP contribution in [-0.4, -0.2) is 18.2 Å².